The summed E-state index contributed by atoms with van der Waals surface area (Å²) < 4.78 is 0. The monoisotopic (exact) mass is 336 g/mol. The van der Waals surface area contributed by atoms with Crippen molar-refractivity contribution in [3.8, 4) is 10.7 Å². The predicted molar refractivity (Wildman–Crippen MR) is 99.1 cm³/mol. The molecule has 24 heavy (non-hydrogen) atoms. The van der Waals surface area contributed by atoms with Crippen LogP contribution >= 0.6 is 11.3 Å². The number of fused-ring (bicyclic) bond motifs is 1. The number of hydrogen-bond donors (Lipinski definition) is 1. The normalized spacial score (nSPS) is 17.4. The molecular weight excluding hydrogens is 316 g/mol. The van der Waals surface area contributed by atoms with Crippen molar-refractivity contribution >= 4 is 17.0 Å². The lowest BCUT2D eigenvalue weighted by Crippen LogP contribution is -2.35. The molecule has 0 saturated carbocycles. The van der Waals surface area contributed by atoms with E-state index < -0.39 is 0 Å². The van der Waals surface area contributed by atoms with Gasteiger partial charge in [0.15, 0.2) is 0 Å². The van der Waals surface area contributed by atoms with Gasteiger partial charge in [0, 0.05) is 36.4 Å². The number of benzene rings is 1. The molecule has 0 fully saturated rings. The van der Waals surface area contributed by atoms with Crippen LogP contribution in [0.25, 0.3) is 10.7 Å². The van der Waals surface area contributed by atoms with Crippen LogP contribution in [0, 0.1) is 0 Å². The smallest absolute Gasteiger partial charge is 0.142 e. The third-order valence-electron chi connectivity index (χ3n) is 4.26. The first-order valence-electron chi connectivity index (χ1n) is 8.21. The Balaban J connectivity index is 1.60. The molecule has 0 bridgehead atoms. The highest BCUT2D eigenvalue weighted by atomic mass is 32.1. The Kier molecular flexibility index (Phi) is 4.28. The fourth-order valence-corrected chi connectivity index (χ4v) is 3.86. The van der Waals surface area contributed by atoms with Crippen molar-refractivity contribution in [2.45, 2.75) is 26.1 Å². The van der Waals surface area contributed by atoms with Gasteiger partial charge < -0.3 is 10.2 Å². The molecule has 1 atom stereocenters. The number of nitrogens with one attached hydrogen (secondary N) is 1. The molecule has 1 aliphatic heterocycles. The highest BCUT2D eigenvalue weighted by Gasteiger charge is 2.19. The van der Waals surface area contributed by atoms with Crippen LogP contribution in [-0.4, -0.2) is 22.6 Å². The van der Waals surface area contributed by atoms with Crippen LogP contribution in [0.1, 0.15) is 18.2 Å². The van der Waals surface area contributed by atoms with E-state index in [0.717, 1.165) is 36.0 Å². The van der Waals surface area contributed by atoms with E-state index in [-0.39, 0.29) is 0 Å². The minimum absolute atomic E-state index is 0.450. The molecule has 0 saturated heterocycles. The lowest BCUT2D eigenvalue weighted by Gasteiger charge is -2.25. The van der Waals surface area contributed by atoms with Crippen molar-refractivity contribution in [2.75, 3.05) is 11.4 Å². The molecule has 5 heteroatoms. The molecular formula is C19H20N4S. The summed E-state index contributed by atoms with van der Waals surface area (Å²) in [5.74, 6) is 0. The zero-order valence-corrected chi connectivity index (χ0v) is 14.5. The summed E-state index contributed by atoms with van der Waals surface area (Å²) in [6, 6.07) is 15.0. The zero-order valence-electron chi connectivity index (χ0n) is 13.6. The first-order chi connectivity index (χ1) is 11.8. The number of para-hydroxylation sites is 1. The summed E-state index contributed by atoms with van der Waals surface area (Å²) >= 11 is 1.66. The second-order valence-corrected chi connectivity index (χ2v) is 7.01. The fourth-order valence-electron chi connectivity index (χ4n) is 3.08. The summed E-state index contributed by atoms with van der Waals surface area (Å²) in [7, 11) is 0. The minimum atomic E-state index is 0.450. The highest BCUT2D eigenvalue weighted by Crippen LogP contribution is 2.27. The van der Waals surface area contributed by atoms with Gasteiger partial charge in [-0.3, -0.25) is 4.98 Å². The molecule has 4 nitrogen and oxygen atoms in total. The Hall–Kier alpha value is -2.24. The maximum Gasteiger partial charge on any atom is 0.142 e. The molecule has 0 radical (unpaired) electrons. The van der Waals surface area contributed by atoms with E-state index in [2.05, 4.69) is 51.8 Å². The van der Waals surface area contributed by atoms with Crippen LogP contribution < -0.4 is 10.2 Å². The number of rotatable bonds is 3. The van der Waals surface area contributed by atoms with E-state index in [1.165, 1.54) is 11.3 Å². The van der Waals surface area contributed by atoms with Gasteiger partial charge in [0.2, 0.25) is 0 Å². The SMILES string of the molecule is CC1CN(Cc2csc(-c3ccccn3)n2)c2ccccc2CN1. The molecule has 3 heterocycles. The van der Waals surface area contributed by atoms with Gasteiger partial charge in [0.1, 0.15) is 5.01 Å². The molecule has 1 aromatic carbocycles. The van der Waals surface area contributed by atoms with Gasteiger partial charge in [-0.25, -0.2) is 4.98 Å². The standard InChI is InChI=1S/C19H20N4S/c1-14-11-23(18-8-3-2-6-15(18)10-21-14)12-16-13-24-19(22-16)17-7-4-5-9-20-17/h2-9,13-14,21H,10-12H2,1H3. The number of aromatic nitrogens is 2. The van der Waals surface area contributed by atoms with Gasteiger partial charge in [-0.15, -0.1) is 11.3 Å². The van der Waals surface area contributed by atoms with Gasteiger partial charge in [0.25, 0.3) is 0 Å². The zero-order chi connectivity index (χ0) is 16.4. The average Bonchev–Trinajstić information content (AvgIpc) is 3.02. The molecule has 4 rings (SSSR count). The summed E-state index contributed by atoms with van der Waals surface area (Å²) in [4.78, 5) is 11.6. The fraction of sp³-hybridized carbons (Fsp3) is 0.263. The lowest BCUT2D eigenvalue weighted by molar-refractivity contribution is 0.551. The Morgan fingerprint density at radius 3 is 2.96 bits per heavy atom. The Bertz CT molecular complexity index is 815. The quantitative estimate of drug-likeness (QED) is 0.792. The molecule has 0 spiro atoms. The summed E-state index contributed by atoms with van der Waals surface area (Å²) in [5, 5.41) is 6.71. The van der Waals surface area contributed by atoms with Crippen LogP contribution in [0.2, 0.25) is 0 Å². The number of nitrogens with zero attached hydrogens (tertiary/aromatic N) is 3. The second kappa shape index (κ2) is 6.71. The lowest BCUT2D eigenvalue weighted by atomic mass is 10.1. The maximum absolute atomic E-state index is 4.80. The van der Waals surface area contributed by atoms with Crippen molar-refractivity contribution in [3.63, 3.8) is 0 Å². The van der Waals surface area contributed by atoms with Gasteiger partial charge in [-0.2, -0.15) is 0 Å². The molecule has 0 aliphatic carbocycles. The van der Waals surface area contributed by atoms with Gasteiger partial charge >= 0.3 is 0 Å². The number of hydrogen-bond acceptors (Lipinski definition) is 5. The van der Waals surface area contributed by atoms with Crippen molar-refractivity contribution < 1.29 is 0 Å². The van der Waals surface area contributed by atoms with Gasteiger partial charge in [-0.1, -0.05) is 24.3 Å². The third kappa shape index (κ3) is 3.18. The summed E-state index contributed by atoms with van der Waals surface area (Å²) in [6.07, 6.45) is 1.81. The number of pyridine rings is 1. The van der Waals surface area contributed by atoms with Crippen LogP contribution in [-0.2, 0) is 13.1 Å². The van der Waals surface area contributed by atoms with Gasteiger partial charge in [0.05, 0.1) is 17.9 Å². The molecule has 1 N–H and O–H groups in total. The third-order valence-corrected chi connectivity index (χ3v) is 5.17. The van der Waals surface area contributed by atoms with Crippen molar-refractivity contribution in [1.29, 1.82) is 0 Å². The first kappa shape index (κ1) is 15.3. The first-order valence-corrected chi connectivity index (χ1v) is 9.09. The molecule has 2 aromatic heterocycles. The summed E-state index contributed by atoms with van der Waals surface area (Å²) in [6.45, 7) is 4.96. The molecule has 122 valence electrons. The highest BCUT2D eigenvalue weighted by molar-refractivity contribution is 7.13. The van der Waals surface area contributed by atoms with Crippen LogP contribution in [0.4, 0.5) is 5.69 Å². The summed E-state index contributed by atoms with van der Waals surface area (Å²) in [5.41, 5.74) is 4.70. The van der Waals surface area contributed by atoms with Crippen molar-refractivity contribution in [2.24, 2.45) is 0 Å². The van der Waals surface area contributed by atoms with Crippen molar-refractivity contribution in [3.05, 3.63) is 65.3 Å². The molecule has 0 amide bonds. The van der Waals surface area contributed by atoms with E-state index in [1.807, 2.05) is 24.4 Å². The Morgan fingerprint density at radius 2 is 2.08 bits per heavy atom. The molecule has 1 aliphatic rings. The number of thiazole rings is 1. The second-order valence-electron chi connectivity index (χ2n) is 6.15. The molecule has 3 aromatic rings. The van der Waals surface area contributed by atoms with Crippen molar-refractivity contribution in [1.82, 2.24) is 15.3 Å². The predicted octanol–water partition coefficient (Wildman–Crippen LogP) is 3.70. The largest absolute Gasteiger partial charge is 0.364 e. The van der Waals surface area contributed by atoms with Crippen LogP contribution in [0.15, 0.2) is 54.0 Å². The maximum atomic E-state index is 4.80. The van der Waals surface area contributed by atoms with E-state index in [1.54, 1.807) is 11.3 Å². The number of anilines is 1. The van der Waals surface area contributed by atoms with E-state index >= 15 is 0 Å². The van der Waals surface area contributed by atoms with Crippen LogP contribution in [0.5, 0.6) is 0 Å². The Morgan fingerprint density at radius 1 is 1.21 bits per heavy atom. The average molecular weight is 336 g/mol. The van der Waals surface area contributed by atoms with E-state index in [0.29, 0.717) is 6.04 Å². The Labute approximate surface area is 146 Å². The molecule has 1 unspecified atom stereocenters. The van der Waals surface area contributed by atoms with Crippen LogP contribution in [0.3, 0.4) is 0 Å². The minimum Gasteiger partial charge on any atom is -0.364 e. The van der Waals surface area contributed by atoms with E-state index in [4.69, 9.17) is 4.98 Å². The van der Waals surface area contributed by atoms with E-state index in [9.17, 15) is 0 Å². The van der Waals surface area contributed by atoms with Gasteiger partial charge in [-0.05, 0) is 30.7 Å². The topological polar surface area (TPSA) is 41.1 Å².